The minimum atomic E-state index is -0.511. The van der Waals surface area contributed by atoms with E-state index in [1.165, 1.54) is 0 Å². The van der Waals surface area contributed by atoms with Crippen LogP contribution in [0, 0.1) is 3.57 Å². The number of ether oxygens (including phenoxy) is 2. The number of aliphatic hydroxyl groups excluding tert-OH is 1. The highest BCUT2D eigenvalue weighted by Crippen LogP contribution is 2.16. The highest BCUT2D eigenvalue weighted by atomic mass is 127. The standard InChI is InChI=1S/C13H20INO3/c1-2-17-7-8-18-10-11(16)9-15-13-6-4-3-5-12(13)14/h3-6,11,15-16H,2,7-10H2,1H3. The molecule has 0 aromatic heterocycles. The molecule has 0 fully saturated rings. The van der Waals surface area contributed by atoms with Crippen LogP contribution < -0.4 is 5.32 Å². The van der Waals surface area contributed by atoms with Crippen molar-refractivity contribution < 1.29 is 14.6 Å². The van der Waals surface area contributed by atoms with Crippen LogP contribution in [-0.2, 0) is 9.47 Å². The Morgan fingerprint density at radius 2 is 2.00 bits per heavy atom. The van der Waals surface area contributed by atoms with Crippen molar-refractivity contribution in [2.75, 3.05) is 38.3 Å². The molecule has 0 amide bonds. The Morgan fingerprint density at radius 1 is 1.28 bits per heavy atom. The molecule has 0 aliphatic heterocycles. The number of hydrogen-bond acceptors (Lipinski definition) is 4. The van der Waals surface area contributed by atoms with Gasteiger partial charge in [0, 0.05) is 22.4 Å². The zero-order valence-corrected chi connectivity index (χ0v) is 12.7. The molecule has 0 aliphatic rings. The van der Waals surface area contributed by atoms with Crippen molar-refractivity contribution >= 4 is 28.3 Å². The second kappa shape index (κ2) is 9.55. The molecule has 1 aromatic carbocycles. The third-order valence-corrected chi connectivity index (χ3v) is 3.23. The second-order valence-electron chi connectivity index (χ2n) is 3.79. The van der Waals surface area contributed by atoms with E-state index < -0.39 is 6.10 Å². The summed E-state index contributed by atoms with van der Waals surface area (Å²) in [6.07, 6.45) is -0.511. The van der Waals surface area contributed by atoms with Gasteiger partial charge in [-0.3, -0.25) is 0 Å². The maximum absolute atomic E-state index is 9.73. The lowest BCUT2D eigenvalue weighted by Crippen LogP contribution is -2.25. The summed E-state index contributed by atoms with van der Waals surface area (Å²) in [4.78, 5) is 0. The van der Waals surface area contributed by atoms with Gasteiger partial charge in [-0.15, -0.1) is 0 Å². The average molecular weight is 365 g/mol. The Kier molecular flexibility index (Phi) is 8.32. The van der Waals surface area contributed by atoms with Gasteiger partial charge in [-0.25, -0.2) is 0 Å². The lowest BCUT2D eigenvalue weighted by Gasteiger charge is -2.14. The van der Waals surface area contributed by atoms with Crippen molar-refractivity contribution in [3.05, 3.63) is 27.8 Å². The monoisotopic (exact) mass is 365 g/mol. The smallest absolute Gasteiger partial charge is 0.0945 e. The number of anilines is 1. The van der Waals surface area contributed by atoms with Gasteiger partial charge in [0.1, 0.15) is 0 Å². The van der Waals surface area contributed by atoms with Gasteiger partial charge in [0.25, 0.3) is 0 Å². The Hall–Kier alpha value is -0.370. The van der Waals surface area contributed by atoms with Gasteiger partial charge in [0.2, 0.25) is 0 Å². The highest BCUT2D eigenvalue weighted by Gasteiger charge is 2.05. The first kappa shape index (κ1) is 15.7. The lowest BCUT2D eigenvalue weighted by atomic mass is 10.3. The quantitative estimate of drug-likeness (QED) is 0.520. The number of aliphatic hydroxyl groups is 1. The summed E-state index contributed by atoms with van der Waals surface area (Å²) in [6.45, 7) is 4.54. The molecule has 1 atom stereocenters. The molecule has 0 aliphatic carbocycles. The van der Waals surface area contributed by atoms with Crippen LogP contribution in [0.5, 0.6) is 0 Å². The predicted octanol–water partition coefficient (Wildman–Crippen LogP) is 2.12. The molecule has 0 heterocycles. The maximum Gasteiger partial charge on any atom is 0.0945 e. The molecular weight excluding hydrogens is 345 g/mol. The molecule has 0 saturated carbocycles. The molecule has 18 heavy (non-hydrogen) atoms. The largest absolute Gasteiger partial charge is 0.389 e. The van der Waals surface area contributed by atoms with E-state index in [0.717, 1.165) is 9.26 Å². The number of halogens is 1. The molecule has 102 valence electrons. The normalized spacial score (nSPS) is 12.4. The van der Waals surface area contributed by atoms with Crippen molar-refractivity contribution in [1.82, 2.24) is 0 Å². The SMILES string of the molecule is CCOCCOCC(O)CNc1ccccc1I. The van der Waals surface area contributed by atoms with E-state index >= 15 is 0 Å². The summed E-state index contributed by atoms with van der Waals surface area (Å²) < 4.78 is 11.6. The molecule has 0 saturated heterocycles. The average Bonchev–Trinajstić information content (AvgIpc) is 2.37. The van der Waals surface area contributed by atoms with Gasteiger partial charge < -0.3 is 19.9 Å². The van der Waals surface area contributed by atoms with Gasteiger partial charge >= 0.3 is 0 Å². The number of nitrogens with one attached hydrogen (secondary N) is 1. The number of para-hydroxylation sites is 1. The topological polar surface area (TPSA) is 50.7 Å². The first-order valence-electron chi connectivity index (χ1n) is 6.06. The van der Waals surface area contributed by atoms with Crippen molar-refractivity contribution in [1.29, 1.82) is 0 Å². The Labute approximate surface area is 122 Å². The zero-order chi connectivity index (χ0) is 13.2. The van der Waals surface area contributed by atoms with E-state index in [4.69, 9.17) is 9.47 Å². The fourth-order valence-corrected chi connectivity index (χ4v) is 1.95. The number of hydrogen-bond donors (Lipinski definition) is 2. The predicted molar refractivity (Wildman–Crippen MR) is 81.0 cm³/mol. The van der Waals surface area contributed by atoms with Crippen LogP contribution in [-0.4, -0.2) is 44.2 Å². The van der Waals surface area contributed by atoms with Crippen molar-refractivity contribution in [3.63, 3.8) is 0 Å². The van der Waals surface area contributed by atoms with Crippen LogP contribution in [0.2, 0.25) is 0 Å². The van der Waals surface area contributed by atoms with Crippen LogP contribution in [0.1, 0.15) is 6.92 Å². The molecule has 0 radical (unpaired) electrons. The maximum atomic E-state index is 9.73. The number of benzene rings is 1. The summed E-state index contributed by atoms with van der Waals surface area (Å²) in [5.74, 6) is 0. The summed E-state index contributed by atoms with van der Waals surface area (Å²) in [7, 11) is 0. The molecule has 1 aromatic rings. The first-order valence-corrected chi connectivity index (χ1v) is 7.14. The van der Waals surface area contributed by atoms with Crippen LogP contribution in [0.15, 0.2) is 24.3 Å². The van der Waals surface area contributed by atoms with Gasteiger partial charge in [-0.2, -0.15) is 0 Å². The molecular formula is C13H20INO3. The fourth-order valence-electron chi connectivity index (χ4n) is 1.37. The van der Waals surface area contributed by atoms with Crippen molar-refractivity contribution in [2.24, 2.45) is 0 Å². The van der Waals surface area contributed by atoms with E-state index in [-0.39, 0.29) is 0 Å². The first-order chi connectivity index (χ1) is 8.74. The number of rotatable bonds is 9. The minimum Gasteiger partial charge on any atom is -0.389 e. The van der Waals surface area contributed by atoms with E-state index in [1.807, 2.05) is 31.2 Å². The molecule has 2 N–H and O–H groups in total. The Morgan fingerprint density at radius 3 is 2.72 bits per heavy atom. The summed E-state index contributed by atoms with van der Waals surface area (Å²) >= 11 is 2.26. The van der Waals surface area contributed by atoms with E-state index in [9.17, 15) is 5.11 Å². The fraction of sp³-hybridized carbons (Fsp3) is 0.538. The van der Waals surface area contributed by atoms with Crippen LogP contribution in [0.25, 0.3) is 0 Å². The minimum absolute atomic E-state index is 0.323. The Bertz CT molecular complexity index is 336. The summed E-state index contributed by atoms with van der Waals surface area (Å²) in [5, 5.41) is 12.9. The van der Waals surface area contributed by atoms with Gasteiger partial charge in [-0.05, 0) is 41.6 Å². The Balaban J connectivity index is 2.13. The van der Waals surface area contributed by atoms with Gasteiger partial charge in [0.05, 0.1) is 25.9 Å². The molecule has 5 heteroatoms. The van der Waals surface area contributed by atoms with Crippen molar-refractivity contribution in [3.8, 4) is 0 Å². The van der Waals surface area contributed by atoms with Gasteiger partial charge in [0.15, 0.2) is 0 Å². The molecule has 1 rings (SSSR count). The third-order valence-electron chi connectivity index (χ3n) is 2.29. The molecule has 4 nitrogen and oxygen atoms in total. The van der Waals surface area contributed by atoms with Gasteiger partial charge in [-0.1, -0.05) is 12.1 Å². The lowest BCUT2D eigenvalue weighted by molar-refractivity contribution is 0.0103. The summed E-state index contributed by atoms with van der Waals surface area (Å²) in [5.41, 5.74) is 1.03. The molecule has 0 spiro atoms. The molecule has 0 bridgehead atoms. The van der Waals surface area contributed by atoms with Crippen LogP contribution >= 0.6 is 22.6 Å². The van der Waals surface area contributed by atoms with Crippen molar-refractivity contribution in [2.45, 2.75) is 13.0 Å². The van der Waals surface area contributed by atoms with E-state index in [0.29, 0.717) is 33.0 Å². The van der Waals surface area contributed by atoms with E-state index in [1.54, 1.807) is 0 Å². The highest BCUT2D eigenvalue weighted by molar-refractivity contribution is 14.1. The van der Waals surface area contributed by atoms with Crippen LogP contribution in [0.4, 0.5) is 5.69 Å². The zero-order valence-electron chi connectivity index (χ0n) is 10.6. The van der Waals surface area contributed by atoms with Crippen LogP contribution in [0.3, 0.4) is 0 Å². The second-order valence-corrected chi connectivity index (χ2v) is 4.95. The third kappa shape index (κ3) is 6.53. The summed E-state index contributed by atoms with van der Waals surface area (Å²) in [6, 6.07) is 7.97. The molecule has 1 unspecified atom stereocenters. The van der Waals surface area contributed by atoms with E-state index in [2.05, 4.69) is 27.9 Å².